The van der Waals surface area contributed by atoms with Crippen molar-refractivity contribution in [1.82, 2.24) is 9.97 Å². The largest absolute Gasteiger partial charge is 0.389 e. The molecule has 6 heteroatoms. The maximum atomic E-state index is 9.68. The van der Waals surface area contributed by atoms with Crippen molar-refractivity contribution in [3.05, 3.63) is 47.7 Å². The molecule has 2 aliphatic rings. The van der Waals surface area contributed by atoms with Crippen molar-refractivity contribution in [2.75, 3.05) is 49.2 Å². The fourth-order valence-electron chi connectivity index (χ4n) is 3.89. The van der Waals surface area contributed by atoms with Crippen LogP contribution in [0.1, 0.15) is 36.9 Å². The summed E-state index contributed by atoms with van der Waals surface area (Å²) in [5.74, 6) is 2.07. The zero-order chi connectivity index (χ0) is 19.3. The van der Waals surface area contributed by atoms with E-state index >= 15 is 0 Å². The Kier molecular flexibility index (Phi) is 6.07. The minimum absolute atomic E-state index is 0.265. The number of β-amino-alcohol motifs (C(OH)–C–C–N with tert-alkyl or cyclic N) is 1. The average molecular weight is 383 g/mol. The van der Waals surface area contributed by atoms with Gasteiger partial charge in [0, 0.05) is 44.8 Å². The highest BCUT2D eigenvalue weighted by Crippen LogP contribution is 2.29. The van der Waals surface area contributed by atoms with Gasteiger partial charge in [-0.15, -0.1) is 0 Å². The van der Waals surface area contributed by atoms with Crippen LogP contribution in [0, 0.1) is 0 Å². The number of hydrogen-bond acceptors (Lipinski definition) is 6. The van der Waals surface area contributed by atoms with Gasteiger partial charge in [0.2, 0.25) is 5.95 Å². The third-order valence-corrected chi connectivity index (χ3v) is 5.66. The third kappa shape index (κ3) is 4.45. The van der Waals surface area contributed by atoms with Gasteiger partial charge in [-0.3, -0.25) is 0 Å². The summed E-state index contributed by atoms with van der Waals surface area (Å²) in [5, 5.41) is 9.68. The van der Waals surface area contributed by atoms with E-state index < -0.39 is 0 Å². The predicted octanol–water partition coefficient (Wildman–Crippen LogP) is 2.62. The Morgan fingerprint density at radius 2 is 2.04 bits per heavy atom. The summed E-state index contributed by atoms with van der Waals surface area (Å²) in [7, 11) is 0. The summed E-state index contributed by atoms with van der Waals surface area (Å²) >= 11 is 0. The van der Waals surface area contributed by atoms with Crippen LogP contribution < -0.4 is 9.80 Å². The molecule has 150 valence electrons. The Balaban J connectivity index is 1.49. The normalized spacial score (nSPS) is 19.6. The maximum absolute atomic E-state index is 9.68. The van der Waals surface area contributed by atoms with E-state index in [0.717, 1.165) is 63.0 Å². The van der Waals surface area contributed by atoms with Gasteiger partial charge in [0.05, 0.1) is 18.4 Å². The number of nitrogens with zero attached hydrogens (tertiary/aromatic N) is 4. The first-order valence-electron chi connectivity index (χ1n) is 10.4. The Morgan fingerprint density at radius 3 is 2.71 bits per heavy atom. The first-order valence-corrected chi connectivity index (χ1v) is 10.4. The Hall–Kier alpha value is -2.18. The fraction of sp³-hybridized carbons (Fsp3) is 0.545. The van der Waals surface area contributed by atoms with E-state index in [0.29, 0.717) is 19.0 Å². The number of aliphatic hydroxyl groups is 1. The number of aliphatic hydroxyl groups excluding tert-OH is 1. The molecule has 1 N–H and O–H groups in total. The molecule has 0 aliphatic carbocycles. The van der Waals surface area contributed by atoms with Crippen molar-refractivity contribution in [3.63, 3.8) is 0 Å². The first kappa shape index (κ1) is 19.2. The van der Waals surface area contributed by atoms with Crippen LogP contribution in [-0.4, -0.2) is 60.6 Å². The van der Waals surface area contributed by atoms with E-state index in [9.17, 15) is 5.11 Å². The minimum Gasteiger partial charge on any atom is -0.389 e. The zero-order valence-electron chi connectivity index (χ0n) is 16.6. The van der Waals surface area contributed by atoms with Crippen LogP contribution in [0.15, 0.2) is 36.4 Å². The number of benzene rings is 1. The number of aromatic nitrogens is 2. The highest BCUT2D eigenvalue weighted by atomic mass is 16.5. The van der Waals surface area contributed by atoms with Gasteiger partial charge in [-0.1, -0.05) is 30.3 Å². The molecular formula is C22H30N4O2. The molecule has 0 unspecified atom stereocenters. The van der Waals surface area contributed by atoms with Gasteiger partial charge in [0.25, 0.3) is 0 Å². The monoisotopic (exact) mass is 382 g/mol. The lowest BCUT2D eigenvalue weighted by Crippen LogP contribution is -2.51. The number of rotatable bonds is 8. The first-order chi connectivity index (χ1) is 13.7. The topological polar surface area (TPSA) is 61.7 Å². The van der Waals surface area contributed by atoms with Crippen LogP contribution in [0.5, 0.6) is 0 Å². The summed E-state index contributed by atoms with van der Waals surface area (Å²) in [6, 6.07) is 12.8. The third-order valence-electron chi connectivity index (χ3n) is 5.66. The van der Waals surface area contributed by atoms with Gasteiger partial charge >= 0.3 is 0 Å². The molecular weight excluding hydrogens is 352 g/mol. The molecule has 2 fully saturated rings. The van der Waals surface area contributed by atoms with Gasteiger partial charge in [-0.2, -0.15) is 4.98 Å². The molecule has 0 bridgehead atoms. The van der Waals surface area contributed by atoms with Gasteiger partial charge in [0.1, 0.15) is 5.82 Å². The predicted molar refractivity (Wildman–Crippen MR) is 111 cm³/mol. The number of anilines is 2. The molecule has 1 aromatic heterocycles. The number of hydrogen-bond donors (Lipinski definition) is 1. The van der Waals surface area contributed by atoms with Gasteiger partial charge in [-0.25, -0.2) is 4.98 Å². The Bertz CT molecular complexity index is 758. The van der Waals surface area contributed by atoms with E-state index in [1.165, 1.54) is 5.56 Å². The van der Waals surface area contributed by atoms with Crippen molar-refractivity contribution in [2.45, 2.75) is 38.2 Å². The minimum atomic E-state index is -0.265. The second kappa shape index (κ2) is 8.88. The molecule has 3 heterocycles. The molecule has 0 saturated carbocycles. The zero-order valence-corrected chi connectivity index (χ0v) is 16.6. The van der Waals surface area contributed by atoms with E-state index in [-0.39, 0.29) is 6.10 Å². The van der Waals surface area contributed by atoms with Crippen LogP contribution in [0.4, 0.5) is 11.8 Å². The molecule has 4 rings (SSSR count). The van der Waals surface area contributed by atoms with Crippen LogP contribution in [-0.2, 0) is 11.2 Å². The SMILES string of the molecule is CCN(CCCc1ccccc1)c1cc([C@H]2CCOC2)nc(N2CC(O)C2)n1. The summed E-state index contributed by atoms with van der Waals surface area (Å²) < 4.78 is 5.58. The lowest BCUT2D eigenvalue weighted by Gasteiger charge is -2.36. The quantitative estimate of drug-likeness (QED) is 0.757. The van der Waals surface area contributed by atoms with Crippen molar-refractivity contribution in [1.29, 1.82) is 0 Å². The summed E-state index contributed by atoms with van der Waals surface area (Å²) in [6.07, 6.45) is 2.90. The van der Waals surface area contributed by atoms with E-state index in [4.69, 9.17) is 14.7 Å². The molecule has 2 aromatic rings. The lowest BCUT2D eigenvalue weighted by molar-refractivity contribution is 0.140. The smallest absolute Gasteiger partial charge is 0.227 e. The summed E-state index contributed by atoms with van der Waals surface area (Å²) in [4.78, 5) is 14.1. The van der Waals surface area contributed by atoms with Crippen LogP contribution >= 0.6 is 0 Å². The van der Waals surface area contributed by atoms with Crippen LogP contribution in [0.3, 0.4) is 0 Å². The molecule has 0 spiro atoms. The van der Waals surface area contributed by atoms with Crippen molar-refractivity contribution in [2.24, 2.45) is 0 Å². The van der Waals surface area contributed by atoms with Crippen molar-refractivity contribution < 1.29 is 9.84 Å². The second-order valence-electron chi connectivity index (χ2n) is 7.74. The number of aryl methyl sites for hydroxylation is 1. The molecule has 0 radical (unpaired) electrons. The molecule has 6 nitrogen and oxygen atoms in total. The molecule has 1 atom stereocenters. The standard InChI is InChI=1S/C22H30N4O2/c1-2-25(11-6-9-17-7-4-3-5-8-17)21-13-20(18-10-12-28-16-18)23-22(24-21)26-14-19(27)15-26/h3-5,7-8,13,18-19,27H,2,6,9-12,14-16H2,1H3/t18-/m0/s1. The number of ether oxygens (including phenoxy) is 1. The van der Waals surface area contributed by atoms with Crippen molar-refractivity contribution in [3.8, 4) is 0 Å². The molecule has 1 aromatic carbocycles. The van der Waals surface area contributed by atoms with E-state index in [2.05, 4.69) is 53.1 Å². The molecule has 2 saturated heterocycles. The Morgan fingerprint density at radius 1 is 1.21 bits per heavy atom. The van der Waals surface area contributed by atoms with Gasteiger partial charge < -0.3 is 19.6 Å². The summed E-state index contributed by atoms with van der Waals surface area (Å²) in [5.41, 5.74) is 2.45. The maximum Gasteiger partial charge on any atom is 0.227 e. The summed E-state index contributed by atoms with van der Waals surface area (Å²) in [6.45, 7) is 6.82. The van der Waals surface area contributed by atoms with Crippen LogP contribution in [0.2, 0.25) is 0 Å². The van der Waals surface area contributed by atoms with E-state index in [1.807, 2.05) is 0 Å². The lowest BCUT2D eigenvalue weighted by atomic mass is 10.0. The average Bonchev–Trinajstić information content (AvgIpc) is 3.24. The van der Waals surface area contributed by atoms with Crippen molar-refractivity contribution >= 4 is 11.8 Å². The van der Waals surface area contributed by atoms with E-state index in [1.54, 1.807) is 0 Å². The highest BCUT2D eigenvalue weighted by Gasteiger charge is 2.29. The molecule has 28 heavy (non-hydrogen) atoms. The highest BCUT2D eigenvalue weighted by molar-refractivity contribution is 5.48. The Labute approximate surface area is 167 Å². The molecule has 2 aliphatic heterocycles. The van der Waals surface area contributed by atoms with Crippen LogP contribution in [0.25, 0.3) is 0 Å². The van der Waals surface area contributed by atoms with Gasteiger partial charge in [0.15, 0.2) is 0 Å². The van der Waals surface area contributed by atoms with Gasteiger partial charge in [-0.05, 0) is 31.7 Å². The second-order valence-corrected chi connectivity index (χ2v) is 7.74. The molecule has 0 amide bonds. The fourth-order valence-corrected chi connectivity index (χ4v) is 3.89.